The van der Waals surface area contributed by atoms with Crippen LogP contribution in [0.5, 0.6) is 5.75 Å². The number of anilines is 1. The molecule has 0 bridgehead atoms. The van der Waals surface area contributed by atoms with Gasteiger partial charge < -0.3 is 9.64 Å². The number of aromatic nitrogens is 2. The summed E-state index contributed by atoms with van der Waals surface area (Å²) in [6, 6.07) is 15.7. The maximum Gasteiger partial charge on any atom is 0.263 e. The Balaban J connectivity index is 1.97. The minimum atomic E-state index is -3.74. The molecule has 3 rings (SSSR count). The second-order valence-corrected chi connectivity index (χ2v) is 8.29. The third-order valence-corrected chi connectivity index (χ3v) is 5.58. The Kier molecular flexibility index (Phi) is 6.01. The lowest BCUT2D eigenvalue weighted by atomic mass is 10.1. The monoisotopic (exact) mass is 400 g/mol. The molecule has 3 aromatic rings. The lowest BCUT2D eigenvalue weighted by Crippen LogP contribution is -2.19. The van der Waals surface area contributed by atoms with Gasteiger partial charge in [0.1, 0.15) is 5.75 Å². The first-order chi connectivity index (χ1) is 13.4. The largest absolute Gasteiger partial charge is 0.497 e. The summed E-state index contributed by atoms with van der Waals surface area (Å²) in [5.74, 6) is 1.03. The third-order valence-electron chi connectivity index (χ3n) is 4.22. The number of nitrogens with one attached hydrogen (secondary N) is 1. The van der Waals surface area contributed by atoms with E-state index in [2.05, 4.69) is 9.82 Å². The van der Waals surface area contributed by atoms with Crippen LogP contribution in [0.15, 0.2) is 65.7 Å². The summed E-state index contributed by atoms with van der Waals surface area (Å²) in [5, 5.41) is 4.48. The van der Waals surface area contributed by atoms with Gasteiger partial charge in [-0.25, -0.2) is 8.42 Å². The molecule has 1 N–H and O–H groups in total. The van der Waals surface area contributed by atoms with E-state index in [9.17, 15) is 8.42 Å². The van der Waals surface area contributed by atoms with Gasteiger partial charge in [0.15, 0.2) is 5.82 Å². The van der Waals surface area contributed by atoms with Crippen LogP contribution in [0.3, 0.4) is 0 Å². The Morgan fingerprint density at radius 1 is 1.07 bits per heavy atom. The van der Waals surface area contributed by atoms with Gasteiger partial charge in [-0.15, -0.1) is 0 Å². The molecule has 1 heterocycles. The van der Waals surface area contributed by atoms with Gasteiger partial charge in [-0.3, -0.25) is 9.40 Å². The maximum atomic E-state index is 12.8. The molecule has 0 atom stereocenters. The van der Waals surface area contributed by atoms with E-state index >= 15 is 0 Å². The van der Waals surface area contributed by atoms with Crippen LogP contribution in [0.25, 0.3) is 11.1 Å². The molecular formula is C20H24N4O3S. The maximum absolute atomic E-state index is 12.8. The minimum Gasteiger partial charge on any atom is -0.497 e. The van der Waals surface area contributed by atoms with Gasteiger partial charge in [0.05, 0.1) is 18.6 Å². The van der Waals surface area contributed by atoms with E-state index < -0.39 is 10.0 Å². The van der Waals surface area contributed by atoms with E-state index in [1.807, 2.05) is 49.5 Å². The average Bonchev–Trinajstić information content (AvgIpc) is 3.09. The SMILES string of the molecule is COc1ccc(-c2cn(CCN(C)C)nc2NS(=O)(=O)c2ccccc2)cc1. The van der Waals surface area contributed by atoms with Crippen molar-refractivity contribution >= 4 is 15.8 Å². The summed E-state index contributed by atoms with van der Waals surface area (Å²) in [6.45, 7) is 1.43. The number of benzene rings is 2. The zero-order chi connectivity index (χ0) is 20.1. The van der Waals surface area contributed by atoms with Crippen molar-refractivity contribution < 1.29 is 13.2 Å². The molecule has 0 spiro atoms. The number of nitrogens with zero attached hydrogens (tertiary/aromatic N) is 3. The predicted molar refractivity (Wildman–Crippen MR) is 110 cm³/mol. The summed E-state index contributed by atoms with van der Waals surface area (Å²) in [4.78, 5) is 2.24. The Bertz CT molecular complexity index is 1010. The molecule has 1 aromatic heterocycles. The first-order valence-electron chi connectivity index (χ1n) is 8.83. The van der Waals surface area contributed by atoms with E-state index in [1.54, 1.807) is 42.1 Å². The number of methoxy groups -OCH3 is 1. The zero-order valence-electron chi connectivity index (χ0n) is 16.2. The number of ether oxygens (including phenoxy) is 1. The van der Waals surface area contributed by atoms with Crippen LogP contribution in [0.2, 0.25) is 0 Å². The molecule has 148 valence electrons. The number of likely N-dealkylation sites (N-methyl/N-ethyl adjacent to an activating group) is 1. The second kappa shape index (κ2) is 8.45. The van der Waals surface area contributed by atoms with Crippen molar-refractivity contribution in [3.63, 3.8) is 0 Å². The highest BCUT2D eigenvalue weighted by Gasteiger charge is 2.19. The van der Waals surface area contributed by atoms with Gasteiger partial charge in [0.2, 0.25) is 0 Å². The van der Waals surface area contributed by atoms with Gasteiger partial charge in [0, 0.05) is 18.3 Å². The quantitative estimate of drug-likeness (QED) is 0.629. The molecule has 0 saturated carbocycles. The molecule has 0 aliphatic carbocycles. The van der Waals surface area contributed by atoms with Gasteiger partial charge in [-0.1, -0.05) is 30.3 Å². The van der Waals surface area contributed by atoms with Crippen LogP contribution in [-0.4, -0.2) is 50.8 Å². The van der Waals surface area contributed by atoms with Crippen LogP contribution in [-0.2, 0) is 16.6 Å². The molecule has 0 unspecified atom stereocenters. The van der Waals surface area contributed by atoms with Crippen molar-refractivity contribution in [3.8, 4) is 16.9 Å². The summed E-state index contributed by atoms with van der Waals surface area (Å²) in [5.41, 5.74) is 1.56. The number of hydrogen-bond donors (Lipinski definition) is 1. The van der Waals surface area contributed by atoms with Crippen molar-refractivity contribution in [2.45, 2.75) is 11.4 Å². The highest BCUT2D eigenvalue weighted by Crippen LogP contribution is 2.30. The van der Waals surface area contributed by atoms with Crippen molar-refractivity contribution in [1.82, 2.24) is 14.7 Å². The number of hydrogen-bond acceptors (Lipinski definition) is 5. The van der Waals surface area contributed by atoms with Crippen molar-refractivity contribution in [1.29, 1.82) is 0 Å². The molecule has 0 aliphatic rings. The van der Waals surface area contributed by atoms with Gasteiger partial charge >= 0.3 is 0 Å². The first-order valence-corrected chi connectivity index (χ1v) is 10.3. The summed E-state index contributed by atoms with van der Waals surface area (Å²) < 4.78 is 35.1. The van der Waals surface area contributed by atoms with Gasteiger partial charge in [0.25, 0.3) is 10.0 Å². The molecule has 0 radical (unpaired) electrons. The van der Waals surface area contributed by atoms with Gasteiger partial charge in [-0.2, -0.15) is 5.10 Å². The Labute approximate surface area is 165 Å². The van der Waals surface area contributed by atoms with E-state index in [0.29, 0.717) is 17.9 Å². The smallest absolute Gasteiger partial charge is 0.263 e. The number of sulfonamides is 1. The molecule has 8 heteroatoms. The Morgan fingerprint density at radius 3 is 2.36 bits per heavy atom. The van der Waals surface area contributed by atoms with Crippen molar-refractivity contribution in [3.05, 3.63) is 60.8 Å². The topological polar surface area (TPSA) is 76.5 Å². The average molecular weight is 401 g/mol. The van der Waals surface area contributed by atoms with Gasteiger partial charge in [-0.05, 0) is 43.9 Å². The summed E-state index contributed by atoms with van der Waals surface area (Å²) >= 11 is 0. The van der Waals surface area contributed by atoms with E-state index in [4.69, 9.17) is 4.74 Å². The Morgan fingerprint density at radius 2 is 1.75 bits per heavy atom. The highest BCUT2D eigenvalue weighted by atomic mass is 32.2. The molecule has 28 heavy (non-hydrogen) atoms. The van der Waals surface area contributed by atoms with E-state index in [1.165, 1.54) is 0 Å². The first kappa shape index (κ1) is 19.9. The fraction of sp³-hybridized carbons (Fsp3) is 0.250. The summed E-state index contributed by atoms with van der Waals surface area (Å²) in [7, 11) is 1.83. The normalized spacial score (nSPS) is 11.6. The molecule has 0 aliphatic heterocycles. The third kappa shape index (κ3) is 4.71. The molecule has 0 fully saturated rings. The van der Waals surface area contributed by atoms with Crippen LogP contribution in [0, 0.1) is 0 Å². The van der Waals surface area contributed by atoms with E-state index in [0.717, 1.165) is 17.9 Å². The standard InChI is InChI=1S/C20H24N4O3S/c1-23(2)13-14-24-15-19(16-9-11-17(27-3)12-10-16)20(21-24)22-28(25,26)18-7-5-4-6-8-18/h4-12,15H,13-14H2,1-3H3,(H,21,22). The minimum absolute atomic E-state index is 0.193. The second-order valence-electron chi connectivity index (χ2n) is 6.60. The zero-order valence-corrected chi connectivity index (χ0v) is 17.0. The van der Waals surface area contributed by atoms with E-state index in [-0.39, 0.29) is 4.90 Å². The van der Waals surface area contributed by atoms with Crippen LogP contribution in [0.4, 0.5) is 5.82 Å². The predicted octanol–water partition coefficient (Wildman–Crippen LogP) is 2.92. The lowest BCUT2D eigenvalue weighted by Gasteiger charge is -2.09. The molecule has 7 nitrogen and oxygen atoms in total. The summed E-state index contributed by atoms with van der Waals surface area (Å²) in [6.07, 6.45) is 1.86. The molecule has 0 amide bonds. The van der Waals surface area contributed by atoms with Crippen molar-refractivity contribution in [2.75, 3.05) is 32.5 Å². The molecular weight excluding hydrogens is 376 g/mol. The number of rotatable bonds is 8. The highest BCUT2D eigenvalue weighted by molar-refractivity contribution is 7.92. The fourth-order valence-corrected chi connectivity index (χ4v) is 3.72. The fourth-order valence-electron chi connectivity index (χ4n) is 2.68. The lowest BCUT2D eigenvalue weighted by molar-refractivity contribution is 0.373. The molecule has 0 saturated heterocycles. The Hall–Kier alpha value is -2.84. The van der Waals surface area contributed by atoms with Crippen molar-refractivity contribution in [2.24, 2.45) is 0 Å². The van der Waals surface area contributed by atoms with Crippen LogP contribution >= 0.6 is 0 Å². The van der Waals surface area contributed by atoms with Crippen LogP contribution < -0.4 is 9.46 Å². The van der Waals surface area contributed by atoms with Crippen LogP contribution in [0.1, 0.15) is 0 Å². The molecule has 2 aromatic carbocycles.